The Bertz CT molecular complexity index is 1170. The summed E-state index contributed by atoms with van der Waals surface area (Å²) in [6, 6.07) is 8.25. The third-order valence-corrected chi connectivity index (χ3v) is 5.57. The Hall–Kier alpha value is -3.00. The molecule has 1 heterocycles. The van der Waals surface area contributed by atoms with Crippen molar-refractivity contribution in [3.63, 3.8) is 0 Å². The van der Waals surface area contributed by atoms with Crippen LogP contribution in [-0.4, -0.2) is 23.5 Å². The highest BCUT2D eigenvalue weighted by molar-refractivity contribution is 6.34. The molecule has 0 unspecified atom stereocenters. The maximum atomic E-state index is 13.1. The molecule has 0 atom stereocenters. The normalized spacial score (nSPS) is 13.7. The molecule has 0 saturated carbocycles. The monoisotopic (exact) mass is 450 g/mol. The number of anilines is 1. The number of hydrogen-bond donors (Lipinski definition) is 2. The summed E-state index contributed by atoms with van der Waals surface area (Å²) in [4.78, 5) is 27.9. The molecule has 31 heavy (non-hydrogen) atoms. The number of halogens is 4. The summed E-state index contributed by atoms with van der Waals surface area (Å²) in [5.74, 6) is -1.66. The van der Waals surface area contributed by atoms with Gasteiger partial charge < -0.3 is 15.0 Å². The van der Waals surface area contributed by atoms with E-state index >= 15 is 0 Å². The standard InChI is InChI=1S/C22H18ClF3N2O3/c23-16-6-3-5-15(22(24,25)26)20(16)28-19(29)11-31-21(30)12-8-9-18-14(10-12)13-4-1-2-7-17(13)27-18/h3,5-6,8-10,27H,1-2,4,7,11H2,(H,28,29). The zero-order chi connectivity index (χ0) is 22.2. The number of aromatic nitrogens is 1. The number of hydrogen-bond acceptors (Lipinski definition) is 3. The Morgan fingerprint density at radius 3 is 2.68 bits per heavy atom. The molecule has 4 rings (SSSR count). The van der Waals surface area contributed by atoms with E-state index in [2.05, 4.69) is 10.3 Å². The van der Waals surface area contributed by atoms with Gasteiger partial charge in [-0.2, -0.15) is 13.2 Å². The van der Waals surface area contributed by atoms with Crippen LogP contribution in [0.25, 0.3) is 10.9 Å². The van der Waals surface area contributed by atoms with E-state index in [0.717, 1.165) is 48.7 Å². The minimum absolute atomic E-state index is 0.265. The second-order valence-electron chi connectivity index (χ2n) is 7.33. The van der Waals surface area contributed by atoms with E-state index in [9.17, 15) is 22.8 Å². The number of carbonyl (C=O) groups is 2. The Morgan fingerprint density at radius 2 is 1.90 bits per heavy atom. The van der Waals surface area contributed by atoms with Crippen molar-refractivity contribution in [3.05, 3.63) is 63.8 Å². The van der Waals surface area contributed by atoms with Gasteiger partial charge in [-0.3, -0.25) is 4.79 Å². The number of rotatable bonds is 4. The van der Waals surface area contributed by atoms with E-state index in [1.807, 2.05) is 0 Å². The van der Waals surface area contributed by atoms with Gasteiger partial charge in [0.1, 0.15) is 0 Å². The molecule has 0 aliphatic heterocycles. The Kier molecular flexibility index (Phi) is 5.66. The van der Waals surface area contributed by atoms with E-state index in [1.165, 1.54) is 17.3 Å². The molecular weight excluding hydrogens is 433 g/mol. The zero-order valence-electron chi connectivity index (χ0n) is 16.2. The molecule has 162 valence electrons. The molecular formula is C22H18ClF3N2O3. The number of para-hydroxylation sites is 1. The highest BCUT2D eigenvalue weighted by Gasteiger charge is 2.34. The number of fused-ring (bicyclic) bond motifs is 3. The lowest BCUT2D eigenvalue weighted by atomic mass is 9.95. The summed E-state index contributed by atoms with van der Waals surface area (Å²) in [7, 11) is 0. The van der Waals surface area contributed by atoms with Crippen molar-refractivity contribution >= 4 is 40.1 Å². The van der Waals surface area contributed by atoms with Gasteiger partial charge in [-0.05, 0) is 61.6 Å². The van der Waals surface area contributed by atoms with Crippen molar-refractivity contribution in [1.82, 2.24) is 4.98 Å². The van der Waals surface area contributed by atoms with Crippen LogP contribution in [0.2, 0.25) is 5.02 Å². The van der Waals surface area contributed by atoms with Gasteiger partial charge in [0.15, 0.2) is 6.61 Å². The predicted octanol–water partition coefficient (Wildman–Crippen LogP) is 5.51. The molecule has 0 saturated heterocycles. The molecule has 0 fully saturated rings. The molecule has 1 aromatic heterocycles. The van der Waals surface area contributed by atoms with Crippen LogP contribution in [0.1, 0.15) is 40.0 Å². The molecule has 5 nitrogen and oxygen atoms in total. The lowest BCUT2D eigenvalue weighted by molar-refractivity contribution is -0.137. The van der Waals surface area contributed by atoms with Crippen LogP contribution < -0.4 is 5.32 Å². The predicted molar refractivity (Wildman–Crippen MR) is 110 cm³/mol. The topological polar surface area (TPSA) is 71.2 Å². The molecule has 2 aromatic carbocycles. The second kappa shape index (κ2) is 8.26. The van der Waals surface area contributed by atoms with Crippen LogP contribution in [0.15, 0.2) is 36.4 Å². The van der Waals surface area contributed by atoms with Gasteiger partial charge in [0.2, 0.25) is 0 Å². The molecule has 1 aliphatic rings. The highest BCUT2D eigenvalue weighted by atomic mass is 35.5. The SMILES string of the molecule is O=C(COC(=O)c1ccc2[nH]c3c(c2c1)CCCC3)Nc1c(Cl)cccc1C(F)(F)F. The number of nitrogens with one attached hydrogen (secondary N) is 2. The first-order chi connectivity index (χ1) is 14.7. The van der Waals surface area contributed by atoms with Gasteiger partial charge >= 0.3 is 12.1 Å². The van der Waals surface area contributed by atoms with Crippen molar-refractivity contribution in [2.75, 3.05) is 11.9 Å². The summed E-state index contributed by atoms with van der Waals surface area (Å²) >= 11 is 5.82. The highest BCUT2D eigenvalue weighted by Crippen LogP contribution is 2.38. The number of H-pyrrole nitrogens is 1. The van der Waals surface area contributed by atoms with Gasteiger partial charge in [-0.25, -0.2) is 4.79 Å². The molecule has 3 aromatic rings. The maximum absolute atomic E-state index is 13.1. The van der Waals surface area contributed by atoms with E-state index in [1.54, 1.807) is 18.2 Å². The molecule has 2 N–H and O–H groups in total. The number of alkyl halides is 3. The van der Waals surface area contributed by atoms with Crippen molar-refractivity contribution in [2.24, 2.45) is 0 Å². The number of esters is 1. The van der Waals surface area contributed by atoms with Crippen molar-refractivity contribution in [2.45, 2.75) is 31.9 Å². The Labute approximate surface area is 180 Å². The molecule has 0 bridgehead atoms. The minimum Gasteiger partial charge on any atom is -0.452 e. The lowest BCUT2D eigenvalue weighted by Gasteiger charge is -2.15. The molecule has 1 aliphatic carbocycles. The van der Waals surface area contributed by atoms with Gasteiger partial charge in [0.25, 0.3) is 5.91 Å². The number of benzene rings is 2. The van der Waals surface area contributed by atoms with Gasteiger partial charge in [-0.15, -0.1) is 0 Å². The summed E-state index contributed by atoms with van der Waals surface area (Å²) in [6.45, 7) is -0.745. The van der Waals surface area contributed by atoms with Gasteiger partial charge in [0.05, 0.1) is 21.8 Å². The Balaban J connectivity index is 1.45. The summed E-state index contributed by atoms with van der Waals surface area (Å²) in [5.41, 5.74) is 1.90. The van der Waals surface area contributed by atoms with Crippen LogP contribution >= 0.6 is 11.6 Å². The average molecular weight is 451 g/mol. The summed E-state index contributed by atoms with van der Waals surface area (Å²) < 4.78 is 44.4. The van der Waals surface area contributed by atoms with Gasteiger partial charge in [0, 0.05) is 16.6 Å². The first-order valence-corrected chi connectivity index (χ1v) is 10.1. The fraction of sp³-hybridized carbons (Fsp3) is 0.273. The Morgan fingerprint density at radius 1 is 1.13 bits per heavy atom. The van der Waals surface area contributed by atoms with Crippen LogP contribution in [0.4, 0.5) is 18.9 Å². The number of aromatic amines is 1. The average Bonchev–Trinajstić information content (AvgIpc) is 3.10. The first kappa shape index (κ1) is 21.2. The molecule has 1 amide bonds. The smallest absolute Gasteiger partial charge is 0.418 e. The molecule has 0 radical (unpaired) electrons. The van der Waals surface area contributed by atoms with Crippen LogP contribution in [0, 0.1) is 0 Å². The number of carbonyl (C=O) groups excluding carboxylic acids is 2. The van der Waals surface area contributed by atoms with E-state index in [-0.39, 0.29) is 10.6 Å². The van der Waals surface area contributed by atoms with Crippen LogP contribution in [0.3, 0.4) is 0 Å². The second-order valence-corrected chi connectivity index (χ2v) is 7.74. The summed E-state index contributed by atoms with van der Waals surface area (Å²) in [6.07, 6.45) is -0.612. The largest absolute Gasteiger partial charge is 0.452 e. The minimum atomic E-state index is -4.70. The molecule has 9 heteroatoms. The molecule has 0 spiro atoms. The van der Waals surface area contributed by atoms with E-state index < -0.39 is 35.9 Å². The van der Waals surface area contributed by atoms with Gasteiger partial charge in [-0.1, -0.05) is 17.7 Å². The fourth-order valence-corrected chi connectivity index (χ4v) is 4.03. The number of aryl methyl sites for hydroxylation is 2. The fourth-order valence-electron chi connectivity index (χ4n) is 3.81. The van der Waals surface area contributed by atoms with Crippen molar-refractivity contribution in [1.29, 1.82) is 0 Å². The van der Waals surface area contributed by atoms with E-state index in [0.29, 0.717) is 0 Å². The van der Waals surface area contributed by atoms with E-state index in [4.69, 9.17) is 16.3 Å². The number of amides is 1. The first-order valence-electron chi connectivity index (χ1n) is 9.70. The number of ether oxygens (including phenoxy) is 1. The quantitative estimate of drug-likeness (QED) is 0.514. The van der Waals surface area contributed by atoms with Crippen molar-refractivity contribution < 1.29 is 27.5 Å². The van der Waals surface area contributed by atoms with Crippen molar-refractivity contribution in [3.8, 4) is 0 Å². The zero-order valence-corrected chi connectivity index (χ0v) is 17.0. The maximum Gasteiger partial charge on any atom is 0.418 e. The van der Waals surface area contributed by atoms with Crippen LogP contribution in [0.5, 0.6) is 0 Å². The summed E-state index contributed by atoms with van der Waals surface area (Å²) in [5, 5.41) is 2.76. The van der Waals surface area contributed by atoms with Crippen LogP contribution in [-0.2, 0) is 28.5 Å². The lowest BCUT2D eigenvalue weighted by Crippen LogP contribution is -2.23. The third kappa shape index (κ3) is 4.39. The third-order valence-electron chi connectivity index (χ3n) is 5.25.